The van der Waals surface area contributed by atoms with Crippen LogP contribution in [0.15, 0.2) is 48.5 Å². The van der Waals surface area contributed by atoms with Gasteiger partial charge in [-0.25, -0.2) is 0 Å². The van der Waals surface area contributed by atoms with Crippen molar-refractivity contribution in [3.8, 4) is 10.6 Å². The second-order valence-electron chi connectivity index (χ2n) is 6.53. The van der Waals surface area contributed by atoms with Crippen LogP contribution in [0.1, 0.15) is 18.2 Å². The monoisotopic (exact) mass is 378 g/mol. The van der Waals surface area contributed by atoms with Gasteiger partial charge < -0.3 is 11.1 Å². The van der Waals surface area contributed by atoms with Gasteiger partial charge in [0.2, 0.25) is 5.13 Å². The summed E-state index contributed by atoms with van der Waals surface area (Å²) in [6, 6.07) is 16.5. The highest BCUT2D eigenvalue weighted by molar-refractivity contribution is 7.18. The lowest BCUT2D eigenvalue weighted by Crippen LogP contribution is -2.31. The normalized spacial score (nSPS) is 12.4. The van der Waals surface area contributed by atoms with Crippen molar-refractivity contribution in [1.29, 1.82) is 0 Å². The largest absolute Gasteiger partial charge is 0.359 e. The molecule has 1 atom stereocenters. The Balaban J connectivity index is 1.42. The molecular weight excluding hydrogens is 356 g/mol. The van der Waals surface area contributed by atoms with E-state index in [1.807, 2.05) is 30.3 Å². The van der Waals surface area contributed by atoms with Crippen LogP contribution in [0.25, 0.3) is 21.5 Å². The molecule has 4 aromatic rings. The molecule has 7 heteroatoms. The van der Waals surface area contributed by atoms with Gasteiger partial charge in [0.1, 0.15) is 5.01 Å². The molecule has 4 rings (SSSR count). The number of benzene rings is 2. The summed E-state index contributed by atoms with van der Waals surface area (Å²) in [7, 11) is 0. The number of hydrogen-bond donors (Lipinski definition) is 3. The first kappa shape index (κ1) is 17.6. The summed E-state index contributed by atoms with van der Waals surface area (Å²) in [4.78, 5) is 0. The summed E-state index contributed by atoms with van der Waals surface area (Å²) in [6.07, 6.45) is 1.72. The van der Waals surface area contributed by atoms with Crippen LogP contribution in [0, 0.1) is 0 Å². The third kappa shape index (κ3) is 3.99. The second kappa shape index (κ2) is 7.85. The van der Waals surface area contributed by atoms with Crippen molar-refractivity contribution in [2.45, 2.75) is 25.8 Å². The fraction of sp³-hybridized carbons (Fsp3) is 0.250. The molecule has 0 saturated carbocycles. The van der Waals surface area contributed by atoms with E-state index in [4.69, 9.17) is 5.73 Å². The molecule has 0 aliphatic carbocycles. The number of aromatic nitrogens is 4. The number of fused-ring (bicyclic) bond motifs is 1. The van der Waals surface area contributed by atoms with Crippen molar-refractivity contribution in [2.75, 3.05) is 11.9 Å². The Hall–Kier alpha value is -2.77. The Labute approximate surface area is 161 Å². The molecule has 0 aliphatic rings. The number of rotatable bonds is 7. The smallest absolute Gasteiger partial charge is 0.206 e. The molecule has 4 N–H and O–H groups in total. The Kier molecular flexibility index (Phi) is 5.13. The van der Waals surface area contributed by atoms with E-state index < -0.39 is 0 Å². The molecule has 0 aliphatic heterocycles. The standard InChI is InChI=1S/C20H22N6S/c1-2-17-16-11-14(8-9-18(16)24-23-17)19-25-26-20(27-19)22-12-15(21)10-13-6-4-3-5-7-13/h3-9,11,15H,2,10,12,21H2,1H3,(H,22,26)(H,23,24)/t15-/m0/s1. The zero-order chi connectivity index (χ0) is 18.6. The Morgan fingerprint density at radius 1 is 1.15 bits per heavy atom. The van der Waals surface area contributed by atoms with Gasteiger partial charge in [0, 0.05) is 23.5 Å². The summed E-state index contributed by atoms with van der Waals surface area (Å²) in [6.45, 7) is 2.76. The number of hydrogen-bond acceptors (Lipinski definition) is 6. The third-order valence-corrected chi connectivity index (χ3v) is 5.43. The van der Waals surface area contributed by atoms with Crippen LogP contribution in [0.4, 0.5) is 5.13 Å². The van der Waals surface area contributed by atoms with Gasteiger partial charge in [0.05, 0.1) is 11.2 Å². The van der Waals surface area contributed by atoms with Crippen LogP contribution in [0.2, 0.25) is 0 Å². The number of aryl methyl sites for hydroxylation is 1. The van der Waals surface area contributed by atoms with Gasteiger partial charge in [-0.2, -0.15) is 5.10 Å². The average molecular weight is 379 g/mol. The van der Waals surface area contributed by atoms with Crippen molar-refractivity contribution >= 4 is 27.4 Å². The summed E-state index contributed by atoms with van der Waals surface area (Å²) < 4.78 is 0. The highest BCUT2D eigenvalue weighted by Crippen LogP contribution is 2.29. The predicted octanol–water partition coefficient (Wildman–Crippen LogP) is 3.63. The number of aromatic amines is 1. The molecule has 2 aromatic carbocycles. The van der Waals surface area contributed by atoms with Gasteiger partial charge in [-0.15, -0.1) is 10.2 Å². The zero-order valence-corrected chi connectivity index (χ0v) is 16.0. The Morgan fingerprint density at radius 2 is 2.00 bits per heavy atom. The molecular formula is C20H22N6S. The quantitative estimate of drug-likeness (QED) is 0.457. The molecule has 0 bridgehead atoms. The first-order valence-corrected chi connectivity index (χ1v) is 9.89. The highest BCUT2D eigenvalue weighted by atomic mass is 32.1. The molecule has 0 unspecified atom stereocenters. The van der Waals surface area contributed by atoms with Crippen molar-refractivity contribution < 1.29 is 0 Å². The molecule has 138 valence electrons. The molecule has 0 spiro atoms. The van der Waals surface area contributed by atoms with Gasteiger partial charge in [-0.1, -0.05) is 48.6 Å². The number of H-pyrrole nitrogens is 1. The van der Waals surface area contributed by atoms with Gasteiger partial charge in [-0.05, 0) is 36.6 Å². The first-order valence-electron chi connectivity index (χ1n) is 9.07. The molecule has 2 heterocycles. The topological polar surface area (TPSA) is 92.5 Å². The minimum absolute atomic E-state index is 0.0224. The lowest BCUT2D eigenvalue weighted by molar-refractivity contribution is 0.698. The lowest BCUT2D eigenvalue weighted by Gasteiger charge is -2.11. The summed E-state index contributed by atoms with van der Waals surface area (Å²) in [5.74, 6) is 0. The molecule has 0 fully saturated rings. The van der Waals surface area contributed by atoms with Gasteiger partial charge in [-0.3, -0.25) is 5.10 Å². The number of nitrogens with zero attached hydrogens (tertiary/aromatic N) is 3. The fourth-order valence-electron chi connectivity index (χ4n) is 3.09. The van der Waals surface area contributed by atoms with Crippen molar-refractivity contribution in [2.24, 2.45) is 5.73 Å². The van der Waals surface area contributed by atoms with Crippen LogP contribution in [-0.2, 0) is 12.8 Å². The van der Waals surface area contributed by atoms with Crippen molar-refractivity contribution in [3.05, 3.63) is 59.8 Å². The van der Waals surface area contributed by atoms with Crippen molar-refractivity contribution in [3.63, 3.8) is 0 Å². The van der Waals surface area contributed by atoms with Crippen LogP contribution >= 0.6 is 11.3 Å². The van der Waals surface area contributed by atoms with E-state index in [1.54, 1.807) is 0 Å². The van der Waals surface area contributed by atoms with Crippen molar-refractivity contribution in [1.82, 2.24) is 20.4 Å². The molecule has 6 nitrogen and oxygen atoms in total. The molecule has 0 saturated heterocycles. The summed E-state index contributed by atoms with van der Waals surface area (Å²) in [5.41, 5.74) is 10.6. The zero-order valence-electron chi connectivity index (χ0n) is 15.1. The lowest BCUT2D eigenvalue weighted by atomic mass is 10.1. The molecule has 0 amide bonds. The summed E-state index contributed by atoms with van der Waals surface area (Å²) in [5, 5.41) is 22.1. The van der Waals surface area contributed by atoms with E-state index in [0.717, 1.165) is 45.1 Å². The Morgan fingerprint density at radius 3 is 2.81 bits per heavy atom. The summed E-state index contributed by atoms with van der Waals surface area (Å²) >= 11 is 1.54. The predicted molar refractivity (Wildman–Crippen MR) is 111 cm³/mol. The maximum absolute atomic E-state index is 6.24. The maximum atomic E-state index is 6.24. The first-order chi connectivity index (χ1) is 13.2. The molecule has 0 radical (unpaired) electrons. The van der Waals surface area contributed by atoms with Gasteiger partial charge in [0.25, 0.3) is 0 Å². The van der Waals surface area contributed by atoms with E-state index in [9.17, 15) is 0 Å². The maximum Gasteiger partial charge on any atom is 0.206 e. The van der Waals surface area contributed by atoms with Crippen LogP contribution in [-0.4, -0.2) is 33.0 Å². The number of nitrogens with two attached hydrogens (primary N) is 1. The van der Waals surface area contributed by atoms with Crippen LogP contribution in [0.3, 0.4) is 0 Å². The molecule has 2 aromatic heterocycles. The van der Waals surface area contributed by atoms with E-state index in [-0.39, 0.29) is 6.04 Å². The third-order valence-electron chi connectivity index (χ3n) is 4.50. The van der Waals surface area contributed by atoms with Gasteiger partial charge in [0.15, 0.2) is 0 Å². The second-order valence-corrected chi connectivity index (χ2v) is 7.50. The number of anilines is 1. The van der Waals surface area contributed by atoms with Gasteiger partial charge >= 0.3 is 0 Å². The average Bonchev–Trinajstić information content (AvgIpc) is 3.33. The SMILES string of the molecule is CCc1n[nH]c2ccc(-c3nnc(NC[C@@H](N)Cc4ccccc4)s3)cc12. The van der Waals surface area contributed by atoms with Crippen LogP contribution < -0.4 is 11.1 Å². The minimum Gasteiger partial charge on any atom is -0.359 e. The minimum atomic E-state index is 0.0224. The molecule has 27 heavy (non-hydrogen) atoms. The highest BCUT2D eigenvalue weighted by Gasteiger charge is 2.11. The van der Waals surface area contributed by atoms with E-state index in [0.29, 0.717) is 6.54 Å². The fourth-order valence-corrected chi connectivity index (χ4v) is 3.84. The van der Waals surface area contributed by atoms with E-state index >= 15 is 0 Å². The number of nitrogens with one attached hydrogen (secondary N) is 2. The van der Waals surface area contributed by atoms with E-state index in [1.165, 1.54) is 16.9 Å². The Bertz CT molecular complexity index is 1020. The van der Waals surface area contributed by atoms with Crippen LogP contribution in [0.5, 0.6) is 0 Å². The van der Waals surface area contributed by atoms with E-state index in [2.05, 4.69) is 50.8 Å².